The van der Waals surface area contributed by atoms with Gasteiger partial charge in [0.2, 0.25) is 5.91 Å². The van der Waals surface area contributed by atoms with Gasteiger partial charge in [-0.1, -0.05) is 49.4 Å². The molecule has 1 fully saturated rings. The van der Waals surface area contributed by atoms with Crippen LogP contribution >= 0.6 is 12.4 Å². The molecule has 0 bridgehead atoms. The first-order valence-electron chi connectivity index (χ1n) is 8.96. The molecule has 1 unspecified atom stereocenters. The molecule has 1 aliphatic heterocycles. The maximum absolute atomic E-state index is 12.1. The van der Waals surface area contributed by atoms with Crippen molar-refractivity contribution in [2.45, 2.75) is 20.0 Å². The van der Waals surface area contributed by atoms with E-state index in [-0.39, 0.29) is 24.2 Å². The number of ether oxygens (including phenoxy) is 1. The van der Waals surface area contributed by atoms with Gasteiger partial charge in [0, 0.05) is 12.5 Å². The lowest BCUT2D eigenvalue weighted by Crippen LogP contribution is -2.49. The van der Waals surface area contributed by atoms with E-state index in [9.17, 15) is 4.79 Å². The van der Waals surface area contributed by atoms with Crippen LogP contribution in [0.4, 0.5) is 0 Å². The highest BCUT2D eigenvalue weighted by molar-refractivity contribution is 5.85. The molecule has 1 amide bonds. The van der Waals surface area contributed by atoms with Gasteiger partial charge >= 0.3 is 0 Å². The Bertz CT molecular complexity index is 672. The summed E-state index contributed by atoms with van der Waals surface area (Å²) < 4.78 is 5.79. The zero-order valence-electron chi connectivity index (χ0n) is 15.1. The summed E-state index contributed by atoms with van der Waals surface area (Å²) in [5.74, 6) is 1.60. The van der Waals surface area contributed by atoms with E-state index in [1.54, 1.807) is 0 Å². The molecule has 0 saturated carbocycles. The van der Waals surface area contributed by atoms with Crippen LogP contribution in [0.5, 0.6) is 5.75 Å². The molecular formula is C21H27ClN2O2. The molecule has 1 heterocycles. The van der Waals surface area contributed by atoms with Crippen LogP contribution < -0.4 is 15.4 Å². The van der Waals surface area contributed by atoms with Crippen molar-refractivity contribution in [2.75, 3.05) is 19.6 Å². The maximum Gasteiger partial charge on any atom is 0.223 e. The molecule has 0 aliphatic carbocycles. The van der Waals surface area contributed by atoms with E-state index >= 15 is 0 Å². The van der Waals surface area contributed by atoms with Crippen molar-refractivity contribution >= 4 is 18.3 Å². The Labute approximate surface area is 161 Å². The number of amides is 1. The van der Waals surface area contributed by atoms with E-state index < -0.39 is 0 Å². The fraction of sp³-hybridized carbons (Fsp3) is 0.381. The monoisotopic (exact) mass is 374 g/mol. The zero-order chi connectivity index (χ0) is 17.5. The Kier molecular flexibility index (Phi) is 7.95. The molecule has 5 heteroatoms. The number of carbonyl (C=O) groups excluding carboxylic acids is 1. The average molecular weight is 375 g/mol. The summed E-state index contributed by atoms with van der Waals surface area (Å²) in [4.78, 5) is 12.1. The van der Waals surface area contributed by atoms with Gasteiger partial charge in [-0.3, -0.25) is 4.79 Å². The lowest BCUT2D eigenvalue weighted by molar-refractivity contribution is -0.126. The van der Waals surface area contributed by atoms with Gasteiger partial charge < -0.3 is 15.4 Å². The Balaban J connectivity index is 0.00000243. The number of nitrogens with one attached hydrogen (secondary N) is 2. The Morgan fingerprint density at radius 2 is 1.81 bits per heavy atom. The third-order valence-corrected chi connectivity index (χ3v) is 4.82. The van der Waals surface area contributed by atoms with Crippen molar-refractivity contribution in [3.05, 3.63) is 65.7 Å². The van der Waals surface area contributed by atoms with E-state index in [0.717, 1.165) is 30.8 Å². The van der Waals surface area contributed by atoms with E-state index in [1.165, 1.54) is 5.56 Å². The van der Waals surface area contributed by atoms with Crippen molar-refractivity contribution in [2.24, 2.45) is 11.8 Å². The number of rotatable bonds is 8. The SMILES string of the molecule is CC(C(=O)NCCc1ccc(OCc2ccccc2)cc1)C1CNC1.Cl. The van der Waals surface area contributed by atoms with Crippen LogP contribution in [0.2, 0.25) is 0 Å². The van der Waals surface area contributed by atoms with Gasteiger partial charge in [-0.15, -0.1) is 12.4 Å². The van der Waals surface area contributed by atoms with Gasteiger partial charge in [0.25, 0.3) is 0 Å². The Morgan fingerprint density at radius 1 is 1.12 bits per heavy atom. The van der Waals surface area contributed by atoms with E-state index in [1.807, 2.05) is 37.3 Å². The number of hydrogen-bond donors (Lipinski definition) is 2. The molecule has 1 atom stereocenters. The summed E-state index contributed by atoms with van der Waals surface area (Å²) in [5.41, 5.74) is 2.36. The number of hydrogen-bond acceptors (Lipinski definition) is 3. The second-order valence-corrected chi connectivity index (χ2v) is 6.67. The second-order valence-electron chi connectivity index (χ2n) is 6.67. The lowest BCUT2D eigenvalue weighted by Gasteiger charge is -2.31. The normalized spacial score (nSPS) is 14.7. The molecule has 0 spiro atoms. The highest BCUT2D eigenvalue weighted by Crippen LogP contribution is 2.16. The Hall–Kier alpha value is -2.04. The van der Waals surface area contributed by atoms with Gasteiger partial charge in [-0.2, -0.15) is 0 Å². The summed E-state index contributed by atoms with van der Waals surface area (Å²) in [6, 6.07) is 18.2. The van der Waals surface area contributed by atoms with E-state index in [4.69, 9.17) is 4.74 Å². The van der Waals surface area contributed by atoms with Crippen molar-refractivity contribution in [1.82, 2.24) is 10.6 Å². The number of benzene rings is 2. The largest absolute Gasteiger partial charge is 0.489 e. The van der Waals surface area contributed by atoms with Gasteiger partial charge in [0.15, 0.2) is 0 Å². The minimum atomic E-state index is 0. The van der Waals surface area contributed by atoms with Crippen LogP contribution in [0, 0.1) is 11.8 Å². The summed E-state index contributed by atoms with van der Waals surface area (Å²) in [6.07, 6.45) is 0.834. The highest BCUT2D eigenvalue weighted by atomic mass is 35.5. The topological polar surface area (TPSA) is 50.4 Å². The molecule has 0 radical (unpaired) electrons. The van der Waals surface area contributed by atoms with Crippen molar-refractivity contribution < 1.29 is 9.53 Å². The molecule has 2 N–H and O–H groups in total. The predicted octanol–water partition coefficient (Wildman–Crippen LogP) is 3.20. The predicted molar refractivity (Wildman–Crippen MR) is 107 cm³/mol. The molecule has 3 rings (SSSR count). The maximum atomic E-state index is 12.1. The Morgan fingerprint density at radius 3 is 2.42 bits per heavy atom. The molecule has 2 aromatic rings. The first-order valence-corrected chi connectivity index (χ1v) is 8.96. The first kappa shape index (κ1) is 20.3. The highest BCUT2D eigenvalue weighted by Gasteiger charge is 2.28. The smallest absolute Gasteiger partial charge is 0.223 e. The molecule has 140 valence electrons. The fourth-order valence-corrected chi connectivity index (χ4v) is 2.86. The van der Waals surface area contributed by atoms with E-state index in [0.29, 0.717) is 19.1 Å². The van der Waals surface area contributed by atoms with Gasteiger partial charge in [0.05, 0.1) is 0 Å². The van der Waals surface area contributed by atoms with Crippen LogP contribution in [0.15, 0.2) is 54.6 Å². The van der Waals surface area contributed by atoms with Gasteiger partial charge in [0.1, 0.15) is 12.4 Å². The summed E-state index contributed by atoms with van der Waals surface area (Å²) in [5, 5.41) is 6.26. The van der Waals surface area contributed by atoms with Crippen molar-refractivity contribution in [3.8, 4) is 5.75 Å². The molecule has 2 aromatic carbocycles. The molecule has 0 aromatic heterocycles. The van der Waals surface area contributed by atoms with Crippen molar-refractivity contribution in [1.29, 1.82) is 0 Å². The third-order valence-electron chi connectivity index (χ3n) is 4.82. The standard InChI is InChI=1S/C21H26N2O2.ClH/c1-16(19-13-22-14-19)21(24)23-12-11-17-7-9-20(10-8-17)25-15-18-5-3-2-4-6-18;/h2-10,16,19,22H,11-15H2,1H3,(H,23,24);1H. The van der Waals surface area contributed by atoms with Crippen LogP contribution in [0.3, 0.4) is 0 Å². The molecular weight excluding hydrogens is 348 g/mol. The van der Waals surface area contributed by atoms with Gasteiger partial charge in [-0.25, -0.2) is 0 Å². The van der Waals surface area contributed by atoms with Crippen LogP contribution in [0.1, 0.15) is 18.1 Å². The molecule has 4 nitrogen and oxygen atoms in total. The van der Waals surface area contributed by atoms with E-state index in [2.05, 4.69) is 34.9 Å². The van der Waals surface area contributed by atoms with Crippen LogP contribution in [-0.2, 0) is 17.8 Å². The number of carbonyl (C=O) groups is 1. The van der Waals surface area contributed by atoms with Crippen LogP contribution in [-0.4, -0.2) is 25.5 Å². The zero-order valence-corrected chi connectivity index (χ0v) is 15.9. The lowest BCUT2D eigenvalue weighted by atomic mass is 9.88. The molecule has 26 heavy (non-hydrogen) atoms. The number of halogens is 1. The van der Waals surface area contributed by atoms with Crippen LogP contribution in [0.25, 0.3) is 0 Å². The summed E-state index contributed by atoms with van der Waals surface area (Å²) in [7, 11) is 0. The minimum Gasteiger partial charge on any atom is -0.489 e. The van der Waals surface area contributed by atoms with Crippen molar-refractivity contribution in [3.63, 3.8) is 0 Å². The molecule has 1 saturated heterocycles. The quantitative estimate of drug-likeness (QED) is 0.746. The second kappa shape index (κ2) is 10.2. The first-order chi connectivity index (χ1) is 12.2. The fourth-order valence-electron chi connectivity index (χ4n) is 2.86. The third kappa shape index (κ3) is 5.75. The van der Waals surface area contributed by atoms with Gasteiger partial charge in [-0.05, 0) is 48.7 Å². The summed E-state index contributed by atoms with van der Waals surface area (Å²) in [6.45, 7) is 5.18. The molecule has 1 aliphatic rings. The average Bonchev–Trinajstić information content (AvgIpc) is 2.60. The summed E-state index contributed by atoms with van der Waals surface area (Å²) >= 11 is 0. The minimum absolute atomic E-state index is 0.